The van der Waals surface area contributed by atoms with Gasteiger partial charge in [-0.1, -0.05) is 35.5 Å². The number of carbonyl (C=O) groups is 1. The molecule has 1 aromatic carbocycles. The molecule has 0 bridgehead atoms. The van der Waals surface area contributed by atoms with Gasteiger partial charge in [0.2, 0.25) is 5.91 Å². The fraction of sp³-hybridized carbons (Fsp3) is 0.235. The van der Waals surface area contributed by atoms with E-state index >= 15 is 0 Å². The third-order valence-electron chi connectivity index (χ3n) is 3.63. The Morgan fingerprint density at radius 2 is 2.20 bits per heavy atom. The van der Waals surface area contributed by atoms with E-state index in [1.54, 1.807) is 23.0 Å². The predicted molar refractivity (Wildman–Crippen MR) is 97.4 cm³/mol. The van der Waals surface area contributed by atoms with Gasteiger partial charge < -0.3 is 14.3 Å². The molecule has 1 atom stereocenters. The summed E-state index contributed by atoms with van der Waals surface area (Å²) >= 11 is 7.31. The Morgan fingerprint density at radius 1 is 1.36 bits per heavy atom. The maximum absolute atomic E-state index is 12.2. The summed E-state index contributed by atoms with van der Waals surface area (Å²) in [4.78, 5) is 12.2. The highest BCUT2D eigenvalue weighted by molar-refractivity contribution is 7.99. The largest absolute Gasteiger partial charge is 0.461 e. The Hall–Kier alpha value is -2.25. The molecule has 1 N–H and O–H groups in total. The van der Waals surface area contributed by atoms with Crippen molar-refractivity contribution >= 4 is 29.3 Å². The summed E-state index contributed by atoms with van der Waals surface area (Å²) in [5.74, 6) is 1.43. The van der Waals surface area contributed by atoms with E-state index in [9.17, 15) is 4.79 Å². The lowest BCUT2D eigenvalue weighted by Gasteiger charge is -2.14. The maximum atomic E-state index is 12.2. The van der Waals surface area contributed by atoms with Crippen molar-refractivity contribution in [1.82, 2.24) is 20.1 Å². The molecule has 130 valence electrons. The van der Waals surface area contributed by atoms with Crippen LogP contribution in [0.1, 0.15) is 18.5 Å². The van der Waals surface area contributed by atoms with Gasteiger partial charge in [0.1, 0.15) is 0 Å². The second-order valence-corrected chi connectivity index (χ2v) is 6.85. The fourth-order valence-corrected chi connectivity index (χ4v) is 3.25. The van der Waals surface area contributed by atoms with Crippen LogP contribution in [-0.4, -0.2) is 26.4 Å². The average Bonchev–Trinajstić information content (AvgIpc) is 3.22. The van der Waals surface area contributed by atoms with E-state index in [4.69, 9.17) is 16.0 Å². The van der Waals surface area contributed by atoms with Gasteiger partial charge in [-0.05, 0) is 36.8 Å². The summed E-state index contributed by atoms with van der Waals surface area (Å²) in [7, 11) is 1.84. The number of amides is 1. The number of aromatic nitrogens is 3. The number of thioether (sulfide) groups is 1. The van der Waals surface area contributed by atoms with Gasteiger partial charge in [-0.25, -0.2) is 0 Å². The van der Waals surface area contributed by atoms with Crippen LogP contribution in [0.4, 0.5) is 0 Å². The SMILES string of the molecule is C[C@H](NC(=O)CSc1nnc(-c2ccco2)n1C)c1cccc(Cl)c1. The van der Waals surface area contributed by atoms with E-state index in [1.807, 2.05) is 38.2 Å². The van der Waals surface area contributed by atoms with Crippen molar-refractivity contribution < 1.29 is 9.21 Å². The van der Waals surface area contributed by atoms with Crippen LogP contribution >= 0.6 is 23.4 Å². The molecular formula is C17H17ClN4O2S. The molecule has 0 aliphatic heterocycles. The Labute approximate surface area is 154 Å². The summed E-state index contributed by atoms with van der Waals surface area (Å²) in [5.41, 5.74) is 0.963. The van der Waals surface area contributed by atoms with Gasteiger partial charge in [0.05, 0.1) is 18.1 Å². The molecule has 0 aliphatic carbocycles. The molecule has 2 aromatic heterocycles. The number of hydrogen-bond acceptors (Lipinski definition) is 5. The summed E-state index contributed by atoms with van der Waals surface area (Å²) in [6.07, 6.45) is 1.58. The van der Waals surface area contributed by atoms with Crippen molar-refractivity contribution in [3.8, 4) is 11.6 Å². The number of nitrogens with one attached hydrogen (secondary N) is 1. The molecule has 0 unspecified atom stereocenters. The van der Waals surface area contributed by atoms with Crippen LogP contribution in [-0.2, 0) is 11.8 Å². The van der Waals surface area contributed by atoms with Gasteiger partial charge in [0.25, 0.3) is 0 Å². The van der Waals surface area contributed by atoms with Crippen molar-refractivity contribution in [1.29, 1.82) is 0 Å². The van der Waals surface area contributed by atoms with Gasteiger partial charge in [-0.15, -0.1) is 10.2 Å². The van der Waals surface area contributed by atoms with Crippen LogP contribution in [0.3, 0.4) is 0 Å². The Balaban J connectivity index is 1.58. The van der Waals surface area contributed by atoms with Crippen LogP contribution in [0.15, 0.2) is 52.2 Å². The van der Waals surface area contributed by atoms with Gasteiger partial charge >= 0.3 is 0 Å². The van der Waals surface area contributed by atoms with E-state index in [2.05, 4.69) is 15.5 Å². The minimum absolute atomic E-state index is 0.0833. The number of rotatable bonds is 6. The first-order valence-electron chi connectivity index (χ1n) is 7.65. The normalized spacial score (nSPS) is 12.1. The number of carbonyl (C=O) groups excluding carboxylic acids is 1. The summed E-state index contributed by atoms with van der Waals surface area (Å²) < 4.78 is 7.13. The summed E-state index contributed by atoms with van der Waals surface area (Å²) in [6.45, 7) is 1.92. The smallest absolute Gasteiger partial charge is 0.230 e. The number of furan rings is 1. The zero-order chi connectivity index (χ0) is 17.8. The van der Waals surface area contributed by atoms with E-state index in [0.29, 0.717) is 21.8 Å². The first-order chi connectivity index (χ1) is 12.0. The molecule has 0 fully saturated rings. The molecule has 0 radical (unpaired) electrons. The molecule has 2 heterocycles. The van der Waals surface area contributed by atoms with Crippen molar-refractivity contribution in [2.24, 2.45) is 7.05 Å². The quantitative estimate of drug-likeness (QED) is 0.664. The topological polar surface area (TPSA) is 73.0 Å². The number of nitrogens with zero attached hydrogens (tertiary/aromatic N) is 3. The van der Waals surface area contributed by atoms with Crippen LogP contribution < -0.4 is 5.32 Å². The van der Waals surface area contributed by atoms with Crippen LogP contribution in [0.5, 0.6) is 0 Å². The lowest BCUT2D eigenvalue weighted by Crippen LogP contribution is -2.28. The molecule has 0 spiro atoms. The summed E-state index contributed by atoms with van der Waals surface area (Å²) in [5, 5.41) is 12.5. The molecule has 1 amide bonds. The van der Waals surface area contributed by atoms with Crippen LogP contribution in [0.25, 0.3) is 11.6 Å². The number of hydrogen-bond donors (Lipinski definition) is 1. The third-order valence-corrected chi connectivity index (χ3v) is 4.89. The highest BCUT2D eigenvalue weighted by atomic mass is 35.5. The Bertz CT molecular complexity index is 863. The molecule has 3 aromatic rings. The minimum Gasteiger partial charge on any atom is -0.461 e. The van der Waals surface area contributed by atoms with E-state index in [-0.39, 0.29) is 17.7 Å². The molecule has 8 heteroatoms. The lowest BCUT2D eigenvalue weighted by molar-refractivity contribution is -0.119. The van der Waals surface area contributed by atoms with Crippen molar-refractivity contribution in [3.63, 3.8) is 0 Å². The van der Waals surface area contributed by atoms with Gasteiger partial charge in [0, 0.05) is 12.1 Å². The van der Waals surface area contributed by atoms with Crippen LogP contribution in [0.2, 0.25) is 5.02 Å². The highest BCUT2D eigenvalue weighted by Gasteiger charge is 2.15. The number of halogens is 1. The Morgan fingerprint density at radius 3 is 2.92 bits per heavy atom. The monoisotopic (exact) mass is 376 g/mol. The van der Waals surface area contributed by atoms with Crippen molar-refractivity contribution in [3.05, 3.63) is 53.2 Å². The molecule has 0 aliphatic rings. The maximum Gasteiger partial charge on any atom is 0.230 e. The minimum atomic E-state index is -0.120. The van der Waals surface area contributed by atoms with Gasteiger partial charge in [-0.3, -0.25) is 4.79 Å². The van der Waals surface area contributed by atoms with E-state index < -0.39 is 0 Å². The van der Waals surface area contributed by atoms with Crippen molar-refractivity contribution in [2.45, 2.75) is 18.1 Å². The second-order valence-electron chi connectivity index (χ2n) is 5.48. The standard InChI is InChI=1S/C17H17ClN4O2S/c1-11(12-5-3-6-13(18)9-12)19-15(23)10-25-17-21-20-16(22(17)2)14-7-4-8-24-14/h3-9,11H,10H2,1-2H3,(H,19,23)/t11-/m0/s1. The lowest BCUT2D eigenvalue weighted by atomic mass is 10.1. The number of benzene rings is 1. The van der Waals surface area contributed by atoms with E-state index in [1.165, 1.54) is 11.8 Å². The van der Waals surface area contributed by atoms with E-state index in [0.717, 1.165) is 5.56 Å². The molecule has 0 saturated heterocycles. The third kappa shape index (κ3) is 4.24. The van der Waals surface area contributed by atoms with Gasteiger partial charge in [0.15, 0.2) is 16.7 Å². The highest BCUT2D eigenvalue weighted by Crippen LogP contribution is 2.23. The first kappa shape index (κ1) is 17.6. The second kappa shape index (κ2) is 7.76. The molecule has 3 rings (SSSR count). The van der Waals surface area contributed by atoms with Gasteiger partial charge in [-0.2, -0.15) is 0 Å². The summed E-state index contributed by atoms with van der Waals surface area (Å²) in [6, 6.07) is 10.9. The molecular weight excluding hydrogens is 360 g/mol. The fourth-order valence-electron chi connectivity index (χ4n) is 2.33. The molecule has 0 saturated carbocycles. The zero-order valence-electron chi connectivity index (χ0n) is 13.8. The predicted octanol–water partition coefficient (Wildman–Crippen LogP) is 3.70. The Kier molecular flexibility index (Phi) is 5.45. The molecule has 25 heavy (non-hydrogen) atoms. The first-order valence-corrected chi connectivity index (χ1v) is 9.02. The molecule has 6 nitrogen and oxygen atoms in total. The van der Waals surface area contributed by atoms with Crippen LogP contribution in [0, 0.1) is 0 Å². The van der Waals surface area contributed by atoms with Crippen molar-refractivity contribution in [2.75, 3.05) is 5.75 Å². The zero-order valence-corrected chi connectivity index (χ0v) is 15.3. The average molecular weight is 377 g/mol.